The maximum absolute atomic E-state index is 12.8. The second kappa shape index (κ2) is 7.94. The van der Waals surface area contributed by atoms with Crippen LogP contribution in [0.15, 0.2) is 51.5 Å². The number of carbonyl (C=O) groups is 1. The SMILES string of the molecule is CC(=NNC(=O)c1nnn(-c2nonc2N)c1-c1cccs1)c1ccc(C#N)cc1. The number of aromatic nitrogens is 5. The zero-order chi connectivity index (χ0) is 21.1. The molecule has 0 bridgehead atoms. The van der Waals surface area contributed by atoms with E-state index >= 15 is 0 Å². The Bertz CT molecular complexity index is 1260. The first-order chi connectivity index (χ1) is 14.6. The summed E-state index contributed by atoms with van der Waals surface area (Å²) >= 11 is 1.39. The van der Waals surface area contributed by atoms with Gasteiger partial charge in [0.1, 0.15) is 5.69 Å². The van der Waals surface area contributed by atoms with E-state index < -0.39 is 5.91 Å². The Hall–Kier alpha value is -4.37. The Morgan fingerprint density at radius 3 is 2.73 bits per heavy atom. The van der Waals surface area contributed by atoms with Crippen LogP contribution >= 0.6 is 11.3 Å². The molecule has 0 unspecified atom stereocenters. The highest BCUT2D eigenvalue weighted by molar-refractivity contribution is 7.13. The maximum atomic E-state index is 12.8. The van der Waals surface area contributed by atoms with Crippen LogP contribution in [0.1, 0.15) is 28.5 Å². The Labute approximate surface area is 173 Å². The molecule has 148 valence electrons. The van der Waals surface area contributed by atoms with Crippen LogP contribution in [0.4, 0.5) is 5.82 Å². The van der Waals surface area contributed by atoms with Crippen LogP contribution in [0, 0.1) is 11.3 Å². The van der Waals surface area contributed by atoms with E-state index in [4.69, 9.17) is 11.0 Å². The van der Waals surface area contributed by atoms with Gasteiger partial charge in [0.25, 0.3) is 5.91 Å². The molecule has 0 aliphatic heterocycles. The van der Waals surface area contributed by atoms with E-state index in [1.54, 1.807) is 31.2 Å². The molecule has 0 fully saturated rings. The Kier molecular flexibility index (Phi) is 5.02. The number of hydrazone groups is 1. The Balaban J connectivity index is 1.65. The van der Waals surface area contributed by atoms with Gasteiger partial charge >= 0.3 is 0 Å². The molecule has 1 amide bonds. The van der Waals surface area contributed by atoms with Crippen LogP contribution in [0.25, 0.3) is 16.4 Å². The zero-order valence-corrected chi connectivity index (χ0v) is 16.3. The maximum Gasteiger partial charge on any atom is 0.294 e. The number of amides is 1. The number of thiophene rings is 1. The Morgan fingerprint density at radius 2 is 2.10 bits per heavy atom. The highest BCUT2D eigenvalue weighted by atomic mass is 32.1. The van der Waals surface area contributed by atoms with Crippen molar-refractivity contribution in [1.29, 1.82) is 5.26 Å². The molecule has 4 rings (SSSR count). The predicted molar refractivity (Wildman–Crippen MR) is 108 cm³/mol. The molecule has 3 N–H and O–H groups in total. The number of hydrogen-bond donors (Lipinski definition) is 2. The average molecular weight is 419 g/mol. The van der Waals surface area contributed by atoms with Crippen molar-refractivity contribution in [3.63, 3.8) is 0 Å². The van der Waals surface area contributed by atoms with E-state index in [0.29, 0.717) is 17.0 Å². The standard InChI is InChI=1S/C18H13N9O2S/c1-10(12-6-4-11(9-19)5-7-12)21-23-18(28)14-15(13-3-2-8-30-13)27(26-22-14)17-16(20)24-29-25-17/h2-8H,1H3,(H2,20,24)(H,23,28). The molecule has 0 spiro atoms. The van der Waals surface area contributed by atoms with Crippen molar-refractivity contribution >= 4 is 28.8 Å². The average Bonchev–Trinajstić information content (AvgIpc) is 3.51. The van der Waals surface area contributed by atoms with Gasteiger partial charge in [-0.25, -0.2) is 10.1 Å². The van der Waals surface area contributed by atoms with E-state index in [1.165, 1.54) is 16.0 Å². The number of nitrogens with two attached hydrogens (primary N) is 1. The summed E-state index contributed by atoms with van der Waals surface area (Å²) in [6.45, 7) is 1.74. The van der Waals surface area contributed by atoms with Gasteiger partial charge < -0.3 is 5.73 Å². The first-order valence-electron chi connectivity index (χ1n) is 8.51. The van der Waals surface area contributed by atoms with Gasteiger partial charge in [-0.1, -0.05) is 23.4 Å². The molecular formula is C18H13N9O2S. The minimum absolute atomic E-state index is 0.0133. The molecule has 3 aromatic heterocycles. The van der Waals surface area contributed by atoms with Crippen LogP contribution in [0.2, 0.25) is 0 Å². The number of rotatable bonds is 5. The molecule has 0 atom stereocenters. The lowest BCUT2D eigenvalue weighted by Crippen LogP contribution is -2.20. The van der Waals surface area contributed by atoms with E-state index in [9.17, 15) is 4.79 Å². The number of benzene rings is 1. The number of carbonyl (C=O) groups excluding carboxylic acids is 1. The van der Waals surface area contributed by atoms with Crippen molar-refractivity contribution in [3.05, 3.63) is 58.6 Å². The van der Waals surface area contributed by atoms with Crippen molar-refractivity contribution in [2.45, 2.75) is 6.92 Å². The van der Waals surface area contributed by atoms with Gasteiger partial charge in [0, 0.05) is 0 Å². The third kappa shape index (κ3) is 3.52. The second-order valence-electron chi connectivity index (χ2n) is 5.98. The van der Waals surface area contributed by atoms with Gasteiger partial charge in [0.2, 0.25) is 11.6 Å². The van der Waals surface area contributed by atoms with Crippen molar-refractivity contribution < 1.29 is 9.42 Å². The summed E-state index contributed by atoms with van der Waals surface area (Å²) in [5.41, 5.74) is 10.5. The highest BCUT2D eigenvalue weighted by Gasteiger charge is 2.25. The summed E-state index contributed by atoms with van der Waals surface area (Å²) in [5.74, 6) is -0.422. The van der Waals surface area contributed by atoms with Crippen molar-refractivity contribution in [2.24, 2.45) is 5.10 Å². The topological polar surface area (TPSA) is 161 Å². The number of nitrogen functional groups attached to an aromatic ring is 1. The van der Waals surface area contributed by atoms with Crippen LogP contribution < -0.4 is 11.2 Å². The molecule has 4 aromatic rings. The fourth-order valence-electron chi connectivity index (χ4n) is 2.59. The largest absolute Gasteiger partial charge is 0.378 e. The molecular weight excluding hydrogens is 406 g/mol. The van der Waals surface area contributed by atoms with E-state index in [0.717, 1.165) is 10.4 Å². The quantitative estimate of drug-likeness (QED) is 0.367. The van der Waals surface area contributed by atoms with Gasteiger partial charge in [0.05, 0.1) is 22.2 Å². The monoisotopic (exact) mass is 419 g/mol. The van der Waals surface area contributed by atoms with Gasteiger partial charge in [-0.2, -0.15) is 15.0 Å². The molecule has 0 aliphatic carbocycles. The number of hydrogen-bond acceptors (Lipinski definition) is 10. The fraction of sp³-hybridized carbons (Fsp3) is 0.0556. The summed E-state index contributed by atoms with van der Waals surface area (Å²) < 4.78 is 5.93. The molecule has 30 heavy (non-hydrogen) atoms. The summed E-state index contributed by atoms with van der Waals surface area (Å²) in [7, 11) is 0. The molecule has 0 saturated heterocycles. The van der Waals surface area contributed by atoms with Crippen molar-refractivity contribution in [1.82, 2.24) is 30.7 Å². The zero-order valence-electron chi connectivity index (χ0n) is 15.5. The number of nitrogens with one attached hydrogen (secondary N) is 1. The number of nitrogens with zero attached hydrogens (tertiary/aromatic N) is 7. The molecule has 3 heterocycles. The van der Waals surface area contributed by atoms with Gasteiger partial charge in [-0.3, -0.25) is 4.79 Å². The molecule has 0 saturated carbocycles. The Morgan fingerprint density at radius 1 is 1.30 bits per heavy atom. The lowest BCUT2D eigenvalue weighted by atomic mass is 10.1. The normalized spacial score (nSPS) is 11.3. The van der Waals surface area contributed by atoms with E-state index in [-0.39, 0.29) is 17.3 Å². The molecule has 1 aromatic carbocycles. The highest BCUT2D eigenvalue weighted by Crippen LogP contribution is 2.29. The third-order valence-electron chi connectivity index (χ3n) is 4.09. The summed E-state index contributed by atoms with van der Waals surface area (Å²) in [5, 5.41) is 30.1. The predicted octanol–water partition coefficient (Wildman–Crippen LogP) is 1.99. The number of anilines is 1. The molecule has 0 aliphatic rings. The van der Waals surface area contributed by atoms with Gasteiger partial charge in [0.15, 0.2) is 5.69 Å². The van der Waals surface area contributed by atoms with Gasteiger partial charge in [-0.15, -0.1) is 16.4 Å². The summed E-state index contributed by atoms with van der Waals surface area (Å²) in [6, 6.07) is 12.5. The second-order valence-corrected chi connectivity index (χ2v) is 6.92. The first-order valence-corrected chi connectivity index (χ1v) is 9.39. The van der Waals surface area contributed by atoms with E-state index in [2.05, 4.69) is 41.9 Å². The van der Waals surface area contributed by atoms with Crippen LogP contribution in [-0.4, -0.2) is 36.9 Å². The summed E-state index contributed by atoms with van der Waals surface area (Å²) in [6.07, 6.45) is 0. The van der Waals surface area contributed by atoms with Crippen LogP contribution in [-0.2, 0) is 0 Å². The summed E-state index contributed by atoms with van der Waals surface area (Å²) in [4.78, 5) is 13.5. The van der Waals surface area contributed by atoms with Gasteiger partial charge in [-0.05, 0) is 46.4 Å². The van der Waals surface area contributed by atoms with Crippen LogP contribution in [0.3, 0.4) is 0 Å². The fourth-order valence-corrected chi connectivity index (χ4v) is 3.35. The lowest BCUT2D eigenvalue weighted by molar-refractivity contribution is 0.0950. The van der Waals surface area contributed by atoms with Crippen LogP contribution in [0.5, 0.6) is 0 Å². The van der Waals surface area contributed by atoms with Crippen molar-refractivity contribution in [3.8, 4) is 22.5 Å². The minimum atomic E-state index is -0.562. The lowest BCUT2D eigenvalue weighted by Gasteiger charge is -2.04. The minimum Gasteiger partial charge on any atom is -0.378 e. The molecule has 12 heteroatoms. The van der Waals surface area contributed by atoms with E-state index in [1.807, 2.05) is 17.5 Å². The van der Waals surface area contributed by atoms with Crippen molar-refractivity contribution in [2.75, 3.05) is 5.73 Å². The smallest absolute Gasteiger partial charge is 0.294 e. The number of nitriles is 1. The third-order valence-corrected chi connectivity index (χ3v) is 4.97. The first kappa shape index (κ1) is 19.0. The molecule has 11 nitrogen and oxygen atoms in total. The molecule has 0 radical (unpaired) electrons.